The summed E-state index contributed by atoms with van der Waals surface area (Å²) in [5.74, 6) is -0.617. The Hall–Kier alpha value is -2.29. The van der Waals surface area contributed by atoms with Gasteiger partial charge in [0.2, 0.25) is 0 Å². The number of carboxylic acids is 1. The first-order valence-corrected chi connectivity index (χ1v) is 8.17. The molecular weight excluding hydrogens is 288 g/mol. The number of aromatic hydroxyl groups is 1. The van der Waals surface area contributed by atoms with Crippen LogP contribution in [-0.2, 0) is 11.2 Å². The van der Waals surface area contributed by atoms with E-state index in [1.54, 1.807) is 19.1 Å². The average molecular weight is 312 g/mol. The highest BCUT2D eigenvalue weighted by Crippen LogP contribution is 2.33. The molecule has 2 aromatic carbocycles. The lowest BCUT2D eigenvalue weighted by atomic mass is 9.88. The van der Waals surface area contributed by atoms with Crippen LogP contribution in [0, 0.1) is 0 Å². The van der Waals surface area contributed by atoms with Crippen molar-refractivity contribution in [3.05, 3.63) is 47.0 Å². The molecule has 2 aromatic rings. The van der Waals surface area contributed by atoms with E-state index in [1.165, 1.54) is 5.56 Å². The van der Waals surface area contributed by atoms with Gasteiger partial charge < -0.3 is 10.2 Å². The number of benzene rings is 2. The second-order valence-corrected chi connectivity index (χ2v) is 5.86. The number of carboxylic acid groups (broad SMARTS) is 1. The van der Waals surface area contributed by atoms with Crippen molar-refractivity contribution in [2.45, 2.75) is 46.5 Å². The Kier molecular flexibility index (Phi) is 5.43. The van der Waals surface area contributed by atoms with Gasteiger partial charge in [-0.1, -0.05) is 38.5 Å². The van der Waals surface area contributed by atoms with Crippen LogP contribution < -0.4 is 0 Å². The number of allylic oxidation sites excluding steroid dienone is 1. The Balaban J connectivity index is 2.74. The van der Waals surface area contributed by atoms with Gasteiger partial charge in [-0.15, -0.1) is 0 Å². The predicted octanol–water partition coefficient (Wildman–Crippen LogP) is 5.16. The smallest absolute Gasteiger partial charge is 0.331 e. The maximum atomic E-state index is 11.4. The minimum absolute atomic E-state index is 0.250. The SMILES string of the molecule is CCCCc1c(/C(CC)=C(\C)C(=O)O)ccc2cc(O)ccc12. The molecule has 0 radical (unpaired) electrons. The lowest BCUT2D eigenvalue weighted by molar-refractivity contribution is -0.132. The zero-order chi connectivity index (χ0) is 17.0. The molecule has 0 bridgehead atoms. The summed E-state index contributed by atoms with van der Waals surface area (Å²) in [5, 5.41) is 21.2. The number of aryl methyl sites for hydroxylation is 1. The van der Waals surface area contributed by atoms with Crippen LogP contribution >= 0.6 is 0 Å². The second kappa shape index (κ2) is 7.32. The van der Waals surface area contributed by atoms with Crippen molar-refractivity contribution in [2.24, 2.45) is 0 Å². The minimum atomic E-state index is -0.867. The molecule has 0 aliphatic heterocycles. The van der Waals surface area contributed by atoms with Crippen LogP contribution in [0.25, 0.3) is 16.3 Å². The number of hydrogen-bond donors (Lipinski definition) is 2. The third-order valence-electron chi connectivity index (χ3n) is 4.35. The van der Waals surface area contributed by atoms with E-state index in [1.807, 2.05) is 25.1 Å². The molecule has 2 rings (SSSR count). The fraction of sp³-hybridized carbons (Fsp3) is 0.350. The average Bonchev–Trinajstić information content (AvgIpc) is 2.53. The van der Waals surface area contributed by atoms with Crippen LogP contribution in [0.15, 0.2) is 35.9 Å². The molecule has 0 atom stereocenters. The van der Waals surface area contributed by atoms with Crippen LogP contribution in [0.5, 0.6) is 5.75 Å². The van der Waals surface area contributed by atoms with E-state index in [4.69, 9.17) is 0 Å². The largest absolute Gasteiger partial charge is 0.508 e. The molecule has 122 valence electrons. The van der Waals surface area contributed by atoms with Gasteiger partial charge >= 0.3 is 5.97 Å². The summed E-state index contributed by atoms with van der Waals surface area (Å²) >= 11 is 0. The van der Waals surface area contributed by atoms with Crippen molar-refractivity contribution in [3.8, 4) is 5.75 Å². The number of rotatable bonds is 6. The minimum Gasteiger partial charge on any atom is -0.508 e. The van der Waals surface area contributed by atoms with Crippen molar-refractivity contribution in [1.82, 2.24) is 0 Å². The van der Waals surface area contributed by atoms with E-state index in [-0.39, 0.29) is 5.75 Å². The molecule has 0 aliphatic carbocycles. The van der Waals surface area contributed by atoms with Crippen LogP contribution in [0.4, 0.5) is 0 Å². The highest BCUT2D eigenvalue weighted by molar-refractivity contribution is 5.99. The highest BCUT2D eigenvalue weighted by atomic mass is 16.4. The maximum Gasteiger partial charge on any atom is 0.331 e. The van der Waals surface area contributed by atoms with E-state index in [9.17, 15) is 15.0 Å². The van der Waals surface area contributed by atoms with Gasteiger partial charge in [-0.3, -0.25) is 0 Å². The van der Waals surface area contributed by atoms with Crippen molar-refractivity contribution in [1.29, 1.82) is 0 Å². The van der Waals surface area contributed by atoms with Gasteiger partial charge in [0.1, 0.15) is 5.75 Å². The molecule has 0 saturated carbocycles. The summed E-state index contributed by atoms with van der Waals surface area (Å²) in [5.41, 5.74) is 3.50. The van der Waals surface area contributed by atoms with Gasteiger partial charge in [0, 0.05) is 5.57 Å². The summed E-state index contributed by atoms with van der Waals surface area (Å²) in [6.45, 7) is 5.81. The lowest BCUT2D eigenvalue weighted by Crippen LogP contribution is -2.03. The Morgan fingerprint density at radius 3 is 2.48 bits per heavy atom. The predicted molar refractivity (Wildman–Crippen MR) is 94.7 cm³/mol. The fourth-order valence-corrected chi connectivity index (χ4v) is 3.07. The van der Waals surface area contributed by atoms with Crippen LogP contribution in [0.1, 0.15) is 51.2 Å². The van der Waals surface area contributed by atoms with Gasteiger partial charge in [-0.25, -0.2) is 4.79 Å². The zero-order valence-electron chi connectivity index (χ0n) is 14.0. The molecule has 0 unspecified atom stereocenters. The standard InChI is InChI=1S/C20H24O3/c1-4-6-7-18-17-11-9-15(21)12-14(17)8-10-19(18)16(5-2)13(3)20(22)23/h8-12,21H,4-7H2,1-3H3,(H,22,23)/b16-13+. The maximum absolute atomic E-state index is 11.4. The quantitative estimate of drug-likeness (QED) is 0.725. The topological polar surface area (TPSA) is 57.5 Å². The number of hydrogen-bond acceptors (Lipinski definition) is 2. The first-order chi connectivity index (χ1) is 11.0. The number of unbranched alkanes of at least 4 members (excludes halogenated alkanes) is 1. The summed E-state index contributed by atoms with van der Waals surface area (Å²) < 4.78 is 0. The molecule has 3 heteroatoms. The molecule has 0 saturated heterocycles. The Morgan fingerprint density at radius 1 is 1.13 bits per heavy atom. The van der Waals surface area contributed by atoms with Crippen LogP contribution in [0.2, 0.25) is 0 Å². The number of aliphatic carboxylic acids is 1. The van der Waals surface area contributed by atoms with Crippen molar-refractivity contribution < 1.29 is 15.0 Å². The van der Waals surface area contributed by atoms with Crippen molar-refractivity contribution in [3.63, 3.8) is 0 Å². The fourth-order valence-electron chi connectivity index (χ4n) is 3.07. The van der Waals surface area contributed by atoms with Gasteiger partial charge in [-0.05, 0) is 65.8 Å². The number of carbonyl (C=O) groups is 1. The van der Waals surface area contributed by atoms with Crippen LogP contribution in [-0.4, -0.2) is 16.2 Å². The van der Waals surface area contributed by atoms with E-state index in [2.05, 4.69) is 6.92 Å². The van der Waals surface area contributed by atoms with E-state index >= 15 is 0 Å². The molecule has 0 heterocycles. The second-order valence-electron chi connectivity index (χ2n) is 5.86. The monoisotopic (exact) mass is 312 g/mol. The molecular formula is C20H24O3. The lowest BCUT2D eigenvalue weighted by Gasteiger charge is -2.17. The van der Waals surface area contributed by atoms with Crippen LogP contribution in [0.3, 0.4) is 0 Å². The van der Waals surface area contributed by atoms with Crippen molar-refractivity contribution >= 4 is 22.3 Å². The molecule has 0 amide bonds. The van der Waals surface area contributed by atoms with Gasteiger partial charge in [0.25, 0.3) is 0 Å². The number of fused-ring (bicyclic) bond motifs is 1. The number of phenols is 1. The van der Waals surface area contributed by atoms with Gasteiger partial charge in [0.15, 0.2) is 0 Å². The Morgan fingerprint density at radius 2 is 1.87 bits per heavy atom. The molecule has 2 N–H and O–H groups in total. The molecule has 3 nitrogen and oxygen atoms in total. The zero-order valence-corrected chi connectivity index (χ0v) is 14.0. The third kappa shape index (κ3) is 3.55. The number of phenolic OH excluding ortho intramolecular Hbond substituents is 1. The van der Waals surface area contributed by atoms with E-state index in [0.29, 0.717) is 12.0 Å². The first kappa shape index (κ1) is 17.1. The summed E-state index contributed by atoms with van der Waals surface area (Å²) in [7, 11) is 0. The van der Waals surface area contributed by atoms with E-state index < -0.39 is 5.97 Å². The molecule has 0 aromatic heterocycles. The Labute approximate surface area is 137 Å². The Bertz CT molecular complexity index is 757. The molecule has 0 spiro atoms. The normalized spacial score (nSPS) is 12.3. The van der Waals surface area contributed by atoms with Gasteiger partial charge in [-0.2, -0.15) is 0 Å². The summed E-state index contributed by atoms with van der Waals surface area (Å²) in [4.78, 5) is 11.4. The summed E-state index contributed by atoms with van der Waals surface area (Å²) in [6.07, 6.45) is 3.72. The van der Waals surface area contributed by atoms with Gasteiger partial charge in [0.05, 0.1) is 0 Å². The van der Waals surface area contributed by atoms with E-state index in [0.717, 1.165) is 41.2 Å². The highest BCUT2D eigenvalue weighted by Gasteiger charge is 2.15. The molecule has 0 aliphatic rings. The molecule has 23 heavy (non-hydrogen) atoms. The first-order valence-electron chi connectivity index (χ1n) is 8.17. The summed E-state index contributed by atoms with van der Waals surface area (Å²) in [6, 6.07) is 9.35. The third-order valence-corrected chi connectivity index (χ3v) is 4.35. The van der Waals surface area contributed by atoms with Crippen molar-refractivity contribution in [2.75, 3.05) is 0 Å². The molecule has 0 fully saturated rings.